The zero-order valence-corrected chi connectivity index (χ0v) is 18.1. The molecule has 1 amide bonds. The second-order valence-corrected chi connectivity index (χ2v) is 9.37. The number of thioether (sulfide) groups is 1. The SMILES string of the molecule is O=C(CSc1ncnc2sc3c(c12)CCCC3)Nc1ccccc1-c1ccccc1. The second-order valence-electron chi connectivity index (χ2n) is 7.32. The molecule has 1 aliphatic carbocycles. The third-order valence-electron chi connectivity index (χ3n) is 5.34. The van der Waals surface area contributed by atoms with Gasteiger partial charge in [-0.25, -0.2) is 9.97 Å². The molecule has 1 N–H and O–H groups in total. The summed E-state index contributed by atoms with van der Waals surface area (Å²) in [5, 5.41) is 5.17. The van der Waals surface area contributed by atoms with E-state index in [9.17, 15) is 4.79 Å². The quantitative estimate of drug-likeness (QED) is 0.312. The number of aromatic nitrogens is 2. The van der Waals surface area contributed by atoms with Crippen LogP contribution >= 0.6 is 23.1 Å². The van der Waals surface area contributed by atoms with E-state index in [0.717, 1.165) is 39.5 Å². The Morgan fingerprint density at radius 3 is 2.70 bits per heavy atom. The Morgan fingerprint density at radius 1 is 1.00 bits per heavy atom. The Labute approximate surface area is 183 Å². The van der Waals surface area contributed by atoms with Gasteiger partial charge in [-0.1, -0.05) is 60.3 Å². The highest BCUT2D eigenvalue weighted by molar-refractivity contribution is 8.00. The van der Waals surface area contributed by atoms with Gasteiger partial charge >= 0.3 is 0 Å². The Morgan fingerprint density at radius 2 is 1.80 bits per heavy atom. The normalized spacial score (nSPS) is 13.2. The van der Waals surface area contributed by atoms with Crippen molar-refractivity contribution < 1.29 is 4.79 Å². The lowest BCUT2D eigenvalue weighted by molar-refractivity contribution is -0.113. The lowest BCUT2D eigenvalue weighted by atomic mass is 9.97. The molecule has 0 fully saturated rings. The van der Waals surface area contributed by atoms with Crippen molar-refractivity contribution in [2.24, 2.45) is 0 Å². The first kappa shape index (κ1) is 19.3. The summed E-state index contributed by atoms with van der Waals surface area (Å²) in [6.45, 7) is 0. The second kappa shape index (κ2) is 8.58. The topological polar surface area (TPSA) is 54.9 Å². The predicted octanol–water partition coefficient (Wildman–Crippen LogP) is 5.97. The lowest BCUT2D eigenvalue weighted by Gasteiger charge is -2.12. The summed E-state index contributed by atoms with van der Waals surface area (Å²) in [4.78, 5) is 24.2. The third-order valence-corrected chi connectivity index (χ3v) is 7.53. The average molecular weight is 432 g/mol. The molecular formula is C24H21N3OS2. The van der Waals surface area contributed by atoms with E-state index < -0.39 is 0 Å². The van der Waals surface area contributed by atoms with Crippen LogP contribution in [0.5, 0.6) is 0 Å². The minimum Gasteiger partial charge on any atom is -0.325 e. The zero-order chi connectivity index (χ0) is 20.3. The van der Waals surface area contributed by atoms with Crippen molar-refractivity contribution in [1.29, 1.82) is 0 Å². The van der Waals surface area contributed by atoms with E-state index in [1.165, 1.54) is 40.4 Å². The van der Waals surface area contributed by atoms with E-state index >= 15 is 0 Å². The number of thiophene rings is 1. The Hall–Kier alpha value is -2.70. The van der Waals surface area contributed by atoms with E-state index in [-0.39, 0.29) is 5.91 Å². The molecule has 0 saturated heterocycles. The van der Waals surface area contributed by atoms with Crippen LogP contribution in [0, 0.1) is 0 Å². The Kier molecular flexibility index (Phi) is 5.51. The summed E-state index contributed by atoms with van der Waals surface area (Å²) >= 11 is 3.29. The number of nitrogens with one attached hydrogen (secondary N) is 1. The van der Waals surface area contributed by atoms with Gasteiger partial charge in [0.2, 0.25) is 5.91 Å². The maximum Gasteiger partial charge on any atom is 0.234 e. The Bertz CT molecular complexity index is 1200. The van der Waals surface area contributed by atoms with Crippen molar-refractivity contribution in [1.82, 2.24) is 9.97 Å². The van der Waals surface area contributed by atoms with Crippen LogP contribution in [0.2, 0.25) is 0 Å². The highest BCUT2D eigenvalue weighted by Crippen LogP contribution is 2.39. The highest BCUT2D eigenvalue weighted by Gasteiger charge is 2.20. The summed E-state index contributed by atoms with van der Waals surface area (Å²) in [6, 6.07) is 18.0. The van der Waals surface area contributed by atoms with Crippen molar-refractivity contribution in [3.8, 4) is 11.1 Å². The summed E-state index contributed by atoms with van der Waals surface area (Å²) in [7, 11) is 0. The monoisotopic (exact) mass is 431 g/mol. The summed E-state index contributed by atoms with van der Waals surface area (Å²) in [5.74, 6) is 0.291. The van der Waals surface area contributed by atoms with Gasteiger partial charge in [-0.05, 0) is 42.9 Å². The zero-order valence-electron chi connectivity index (χ0n) is 16.4. The molecule has 0 unspecified atom stereocenters. The van der Waals surface area contributed by atoms with E-state index in [4.69, 9.17) is 0 Å². The van der Waals surface area contributed by atoms with Gasteiger partial charge in [0.1, 0.15) is 16.2 Å². The molecule has 30 heavy (non-hydrogen) atoms. The third kappa shape index (κ3) is 3.85. The van der Waals surface area contributed by atoms with Crippen LogP contribution in [-0.2, 0) is 17.6 Å². The van der Waals surface area contributed by atoms with Crippen molar-refractivity contribution in [3.05, 3.63) is 71.4 Å². The smallest absolute Gasteiger partial charge is 0.234 e. The number of nitrogens with zero attached hydrogens (tertiary/aromatic N) is 2. The molecule has 0 atom stereocenters. The molecule has 2 aromatic carbocycles. The first-order valence-corrected chi connectivity index (χ1v) is 11.9. The lowest BCUT2D eigenvalue weighted by Crippen LogP contribution is -2.14. The van der Waals surface area contributed by atoms with Crippen molar-refractivity contribution in [2.75, 3.05) is 11.1 Å². The molecule has 4 nitrogen and oxygen atoms in total. The average Bonchev–Trinajstić information content (AvgIpc) is 3.18. The molecule has 0 bridgehead atoms. The molecule has 2 heterocycles. The first-order chi connectivity index (χ1) is 14.8. The van der Waals surface area contributed by atoms with Gasteiger partial charge in [0.25, 0.3) is 0 Å². The van der Waals surface area contributed by atoms with E-state index in [1.807, 2.05) is 42.5 Å². The van der Waals surface area contributed by atoms with Crippen LogP contribution in [0.15, 0.2) is 66.0 Å². The van der Waals surface area contributed by atoms with Crippen LogP contribution < -0.4 is 5.32 Å². The molecule has 5 rings (SSSR count). The van der Waals surface area contributed by atoms with Gasteiger partial charge in [0.15, 0.2) is 0 Å². The molecule has 0 aliphatic heterocycles. The van der Waals surface area contributed by atoms with Gasteiger partial charge < -0.3 is 5.32 Å². The van der Waals surface area contributed by atoms with Gasteiger partial charge in [-0.3, -0.25) is 4.79 Å². The summed E-state index contributed by atoms with van der Waals surface area (Å²) < 4.78 is 0. The van der Waals surface area contributed by atoms with Crippen LogP contribution in [-0.4, -0.2) is 21.6 Å². The molecule has 2 aromatic heterocycles. The van der Waals surface area contributed by atoms with Crippen LogP contribution in [0.4, 0.5) is 5.69 Å². The van der Waals surface area contributed by atoms with Gasteiger partial charge in [-0.2, -0.15) is 0 Å². The highest BCUT2D eigenvalue weighted by atomic mass is 32.2. The molecule has 150 valence electrons. The van der Waals surface area contributed by atoms with Gasteiger partial charge in [-0.15, -0.1) is 11.3 Å². The van der Waals surface area contributed by atoms with E-state index in [1.54, 1.807) is 17.7 Å². The van der Waals surface area contributed by atoms with Crippen molar-refractivity contribution in [2.45, 2.75) is 30.7 Å². The van der Waals surface area contributed by atoms with E-state index in [0.29, 0.717) is 5.75 Å². The molecule has 6 heteroatoms. The molecule has 0 radical (unpaired) electrons. The summed E-state index contributed by atoms with van der Waals surface area (Å²) in [5.41, 5.74) is 4.34. The van der Waals surface area contributed by atoms with Gasteiger partial charge in [0, 0.05) is 21.5 Å². The minimum absolute atomic E-state index is 0.0285. The number of carbonyl (C=O) groups excluding carboxylic acids is 1. The molecule has 0 saturated carbocycles. The maximum atomic E-state index is 12.8. The van der Waals surface area contributed by atoms with Gasteiger partial charge in [0.05, 0.1) is 5.75 Å². The largest absolute Gasteiger partial charge is 0.325 e. The van der Waals surface area contributed by atoms with Crippen molar-refractivity contribution >= 4 is 44.9 Å². The molecular weight excluding hydrogens is 410 g/mol. The molecule has 0 spiro atoms. The molecule has 1 aliphatic rings. The number of hydrogen-bond acceptors (Lipinski definition) is 5. The fourth-order valence-electron chi connectivity index (χ4n) is 3.95. The first-order valence-electron chi connectivity index (χ1n) is 10.1. The van der Waals surface area contributed by atoms with Crippen LogP contribution in [0.1, 0.15) is 23.3 Å². The number of amides is 1. The maximum absolute atomic E-state index is 12.8. The fraction of sp³-hybridized carbons (Fsp3) is 0.208. The van der Waals surface area contributed by atoms with Crippen LogP contribution in [0.3, 0.4) is 0 Å². The standard InChI is InChI=1S/C24H21N3OS2/c28-21(27-19-12-6-4-10-17(19)16-8-2-1-3-9-16)14-29-23-22-18-11-5-7-13-20(18)30-24(22)26-15-25-23/h1-4,6,8-10,12,15H,5,7,11,13-14H2,(H,27,28). The van der Waals surface area contributed by atoms with Crippen LogP contribution in [0.25, 0.3) is 21.3 Å². The number of carbonyl (C=O) groups is 1. The number of rotatable bonds is 5. The Balaban J connectivity index is 1.34. The van der Waals surface area contributed by atoms with Crippen molar-refractivity contribution in [3.63, 3.8) is 0 Å². The minimum atomic E-state index is -0.0285. The number of anilines is 1. The fourth-order valence-corrected chi connectivity index (χ4v) is 6.07. The predicted molar refractivity (Wildman–Crippen MR) is 125 cm³/mol. The summed E-state index contributed by atoms with van der Waals surface area (Å²) in [6.07, 6.45) is 6.31. The van der Waals surface area contributed by atoms with E-state index in [2.05, 4.69) is 27.4 Å². The number of hydrogen-bond donors (Lipinski definition) is 1. The number of benzene rings is 2. The number of fused-ring (bicyclic) bond motifs is 3. The number of aryl methyl sites for hydroxylation is 2. The number of para-hydroxylation sites is 1. The molecule has 4 aromatic rings.